The quantitative estimate of drug-likeness (QED) is 0.768. The lowest BCUT2D eigenvalue weighted by Crippen LogP contribution is -2.50. The van der Waals surface area contributed by atoms with Crippen LogP contribution in [0.5, 0.6) is 0 Å². The number of rotatable bonds is 3. The van der Waals surface area contributed by atoms with Crippen LogP contribution in [0.3, 0.4) is 0 Å². The summed E-state index contributed by atoms with van der Waals surface area (Å²) in [7, 11) is 1.45. The summed E-state index contributed by atoms with van der Waals surface area (Å²) in [5.41, 5.74) is 0.709. The largest absolute Gasteiger partial charge is 0.468 e. The Bertz CT molecular complexity index is 326. The molecule has 2 saturated carbocycles. The highest BCUT2D eigenvalue weighted by atomic mass is 16.5. The van der Waals surface area contributed by atoms with Gasteiger partial charge in [0.05, 0.1) is 7.11 Å². The van der Waals surface area contributed by atoms with Crippen molar-refractivity contribution in [3.8, 4) is 0 Å². The molecule has 4 atom stereocenters. The van der Waals surface area contributed by atoms with Gasteiger partial charge in [-0.05, 0) is 42.9 Å². The number of carbonyl (C=O) groups is 1. The smallest absolute Gasteiger partial charge is 0.322 e. The van der Waals surface area contributed by atoms with E-state index in [4.69, 9.17) is 4.74 Å². The van der Waals surface area contributed by atoms with Crippen LogP contribution in [0.2, 0.25) is 0 Å². The molecule has 3 nitrogen and oxygen atoms in total. The number of ether oxygens (including phenoxy) is 1. The Morgan fingerprint density at radius 1 is 1.41 bits per heavy atom. The van der Waals surface area contributed by atoms with Crippen LogP contribution in [-0.4, -0.2) is 25.2 Å². The van der Waals surface area contributed by atoms with Crippen molar-refractivity contribution >= 4 is 5.97 Å². The van der Waals surface area contributed by atoms with Gasteiger partial charge in [-0.3, -0.25) is 4.79 Å². The van der Waals surface area contributed by atoms with E-state index in [-0.39, 0.29) is 12.0 Å². The van der Waals surface area contributed by atoms with E-state index in [9.17, 15) is 4.79 Å². The van der Waals surface area contributed by atoms with Gasteiger partial charge in [0.15, 0.2) is 0 Å². The summed E-state index contributed by atoms with van der Waals surface area (Å²) in [6.45, 7) is 9.04. The average molecular weight is 239 g/mol. The van der Waals surface area contributed by atoms with Crippen molar-refractivity contribution in [2.45, 2.75) is 59.0 Å². The third-order valence-corrected chi connectivity index (χ3v) is 5.80. The predicted octanol–water partition coefficient (Wildman–Crippen LogP) is 2.35. The zero-order valence-corrected chi connectivity index (χ0v) is 11.7. The van der Waals surface area contributed by atoms with Gasteiger partial charge in [0.25, 0.3) is 0 Å². The van der Waals surface area contributed by atoms with Crippen LogP contribution in [0.1, 0.15) is 47.0 Å². The monoisotopic (exact) mass is 239 g/mol. The molecule has 0 aromatic carbocycles. The van der Waals surface area contributed by atoms with Gasteiger partial charge in [-0.15, -0.1) is 0 Å². The Kier molecular flexibility index (Phi) is 3.01. The summed E-state index contributed by atoms with van der Waals surface area (Å²) in [6.07, 6.45) is 3.81. The molecule has 0 aromatic heterocycles. The Balaban J connectivity index is 2.08. The zero-order chi connectivity index (χ0) is 12.8. The molecule has 98 valence electrons. The van der Waals surface area contributed by atoms with Crippen LogP contribution in [-0.2, 0) is 9.53 Å². The summed E-state index contributed by atoms with van der Waals surface area (Å²) in [4.78, 5) is 11.5. The minimum atomic E-state index is -0.197. The van der Waals surface area contributed by atoms with E-state index < -0.39 is 0 Å². The van der Waals surface area contributed by atoms with E-state index in [1.54, 1.807) is 0 Å². The van der Waals surface area contributed by atoms with Crippen molar-refractivity contribution in [3.63, 3.8) is 0 Å². The molecule has 0 aromatic rings. The molecule has 17 heavy (non-hydrogen) atoms. The topological polar surface area (TPSA) is 38.3 Å². The summed E-state index contributed by atoms with van der Waals surface area (Å²) in [5.74, 6) is 0.643. The van der Waals surface area contributed by atoms with Crippen LogP contribution in [0, 0.1) is 16.7 Å². The first-order valence-corrected chi connectivity index (χ1v) is 6.67. The summed E-state index contributed by atoms with van der Waals surface area (Å²) in [5, 5.41) is 3.48. The molecule has 2 rings (SSSR count). The van der Waals surface area contributed by atoms with Gasteiger partial charge in [-0.2, -0.15) is 0 Å². The molecule has 0 heterocycles. The number of esters is 1. The Labute approximate surface area is 104 Å². The molecule has 2 aliphatic carbocycles. The van der Waals surface area contributed by atoms with Crippen molar-refractivity contribution in [1.29, 1.82) is 0 Å². The SMILES string of the molecule is COC(=O)[C@H](C)NC1CC2CCC1(C)C2(C)C. The van der Waals surface area contributed by atoms with Gasteiger partial charge >= 0.3 is 5.97 Å². The maximum absolute atomic E-state index is 11.5. The van der Waals surface area contributed by atoms with Crippen molar-refractivity contribution < 1.29 is 9.53 Å². The number of nitrogens with one attached hydrogen (secondary N) is 1. The third-order valence-electron chi connectivity index (χ3n) is 5.80. The summed E-state index contributed by atoms with van der Waals surface area (Å²) in [6, 6.07) is 0.252. The van der Waals surface area contributed by atoms with E-state index in [0.29, 0.717) is 16.9 Å². The number of fused-ring (bicyclic) bond motifs is 2. The highest BCUT2D eigenvalue weighted by Crippen LogP contribution is 2.65. The Morgan fingerprint density at radius 2 is 2.06 bits per heavy atom. The Morgan fingerprint density at radius 3 is 2.47 bits per heavy atom. The lowest BCUT2D eigenvalue weighted by atomic mass is 9.69. The van der Waals surface area contributed by atoms with Gasteiger partial charge < -0.3 is 10.1 Å². The fourth-order valence-electron chi connectivity index (χ4n) is 4.00. The van der Waals surface area contributed by atoms with E-state index in [1.165, 1.54) is 26.4 Å². The maximum atomic E-state index is 11.5. The van der Waals surface area contributed by atoms with Crippen molar-refractivity contribution in [2.75, 3.05) is 7.11 Å². The van der Waals surface area contributed by atoms with Crippen LogP contribution in [0.25, 0.3) is 0 Å². The molecule has 3 heteroatoms. The molecule has 2 fully saturated rings. The third kappa shape index (κ3) is 1.70. The molecule has 1 N–H and O–H groups in total. The predicted molar refractivity (Wildman–Crippen MR) is 67.6 cm³/mol. The summed E-state index contributed by atoms with van der Waals surface area (Å²) < 4.78 is 4.79. The second kappa shape index (κ2) is 3.98. The minimum Gasteiger partial charge on any atom is -0.468 e. The highest BCUT2D eigenvalue weighted by Gasteiger charge is 2.61. The van der Waals surface area contributed by atoms with Crippen molar-refractivity contribution in [1.82, 2.24) is 5.32 Å². The second-order valence-corrected chi connectivity index (χ2v) is 6.57. The zero-order valence-electron chi connectivity index (χ0n) is 11.7. The fourth-order valence-corrected chi connectivity index (χ4v) is 4.00. The lowest BCUT2D eigenvalue weighted by Gasteiger charge is -2.40. The van der Waals surface area contributed by atoms with Gasteiger partial charge in [-0.1, -0.05) is 20.8 Å². The van der Waals surface area contributed by atoms with E-state index in [2.05, 4.69) is 26.1 Å². The van der Waals surface area contributed by atoms with Gasteiger partial charge in [0, 0.05) is 6.04 Å². The fraction of sp³-hybridized carbons (Fsp3) is 0.929. The average Bonchev–Trinajstić information content (AvgIpc) is 2.60. The first-order valence-electron chi connectivity index (χ1n) is 6.67. The molecule has 0 saturated heterocycles. The Hall–Kier alpha value is -0.570. The van der Waals surface area contributed by atoms with E-state index in [0.717, 1.165) is 5.92 Å². The number of carbonyl (C=O) groups excluding carboxylic acids is 1. The van der Waals surface area contributed by atoms with Crippen molar-refractivity contribution in [3.05, 3.63) is 0 Å². The standard InChI is InChI=1S/C14H25NO2/c1-9(12(16)17-5)15-11-8-10-6-7-14(11,4)13(10,2)3/h9-11,15H,6-8H2,1-5H3/t9-,10?,11?,14?/m0/s1. The molecular weight excluding hydrogens is 214 g/mol. The minimum absolute atomic E-state index is 0.158. The first-order chi connectivity index (χ1) is 7.83. The molecule has 2 bridgehead atoms. The molecule has 0 amide bonds. The molecular formula is C14H25NO2. The maximum Gasteiger partial charge on any atom is 0.322 e. The molecule has 0 aliphatic heterocycles. The van der Waals surface area contributed by atoms with Gasteiger partial charge in [-0.25, -0.2) is 0 Å². The van der Waals surface area contributed by atoms with Gasteiger partial charge in [0.2, 0.25) is 0 Å². The van der Waals surface area contributed by atoms with Crippen LogP contribution in [0.4, 0.5) is 0 Å². The second-order valence-electron chi connectivity index (χ2n) is 6.57. The molecule has 0 radical (unpaired) electrons. The first kappa shape index (κ1) is 12.9. The van der Waals surface area contributed by atoms with E-state index >= 15 is 0 Å². The van der Waals surface area contributed by atoms with Gasteiger partial charge in [0.1, 0.15) is 6.04 Å². The van der Waals surface area contributed by atoms with Crippen LogP contribution < -0.4 is 5.32 Å². The number of methoxy groups -OCH3 is 1. The van der Waals surface area contributed by atoms with Crippen LogP contribution in [0.15, 0.2) is 0 Å². The van der Waals surface area contributed by atoms with Crippen molar-refractivity contribution in [2.24, 2.45) is 16.7 Å². The normalized spacial score (nSPS) is 40.3. The van der Waals surface area contributed by atoms with E-state index in [1.807, 2.05) is 6.92 Å². The number of hydrogen-bond acceptors (Lipinski definition) is 3. The summed E-state index contributed by atoms with van der Waals surface area (Å²) >= 11 is 0. The molecule has 3 unspecified atom stereocenters. The molecule has 2 aliphatic rings. The highest BCUT2D eigenvalue weighted by molar-refractivity contribution is 5.75. The van der Waals surface area contributed by atoms with Crippen LogP contribution >= 0.6 is 0 Å². The number of hydrogen-bond donors (Lipinski definition) is 1. The molecule has 0 spiro atoms. The lowest BCUT2D eigenvalue weighted by molar-refractivity contribution is -0.143.